The van der Waals surface area contributed by atoms with Gasteiger partial charge in [0.25, 0.3) is 16.4 Å². The van der Waals surface area contributed by atoms with Gasteiger partial charge >= 0.3 is 0 Å². The van der Waals surface area contributed by atoms with Crippen LogP contribution in [0.25, 0.3) is 0 Å². The van der Waals surface area contributed by atoms with Gasteiger partial charge in [0.2, 0.25) is 0 Å². The summed E-state index contributed by atoms with van der Waals surface area (Å²) in [7, 11) is -4.10. The molecule has 0 spiro atoms. The number of aromatic nitrogens is 2. The molecular formula is C13H15F2N3O2S. The first kappa shape index (κ1) is 15.4. The molecule has 0 saturated heterocycles. The number of aryl methyl sites for hydroxylation is 1. The minimum absolute atomic E-state index is 0.0857. The number of hydrogen-bond acceptors (Lipinski definition) is 3. The average Bonchev–Trinajstić information content (AvgIpc) is 2.86. The van der Waals surface area contributed by atoms with Crippen LogP contribution in [0, 0.1) is 0 Å². The second-order valence-corrected chi connectivity index (χ2v) is 6.12. The first-order chi connectivity index (χ1) is 9.94. The Morgan fingerprint density at radius 3 is 2.71 bits per heavy atom. The number of halogens is 2. The summed E-state index contributed by atoms with van der Waals surface area (Å²) >= 11 is 0. The van der Waals surface area contributed by atoms with Crippen molar-refractivity contribution in [3.05, 3.63) is 41.6 Å². The highest BCUT2D eigenvalue weighted by atomic mass is 32.2. The highest BCUT2D eigenvalue weighted by molar-refractivity contribution is 7.92. The van der Waals surface area contributed by atoms with Gasteiger partial charge in [-0.15, -0.1) is 0 Å². The molecule has 0 aliphatic carbocycles. The van der Waals surface area contributed by atoms with E-state index in [4.69, 9.17) is 0 Å². The van der Waals surface area contributed by atoms with E-state index in [2.05, 4.69) is 14.9 Å². The largest absolute Gasteiger partial charge is 0.280 e. The lowest BCUT2D eigenvalue weighted by atomic mass is 10.2. The van der Waals surface area contributed by atoms with Crippen LogP contribution in [0.1, 0.15) is 31.0 Å². The molecule has 0 aliphatic rings. The molecule has 0 saturated carbocycles. The number of hydrogen-bond donors (Lipinski definition) is 2. The average molecular weight is 315 g/mol. The predicted molar refractivity (Wildman–Crippen MR) is 74.8 cm³/mol. The van der Waals surface area contributed by atoms with Gasteiger partial charge in [0.1, 0.15) is 0 Å². The first-order valence-electron chi connectivity index (χ1n) is 6.38. The molecule has 1 heterocycles. The number of anilines is 1. The van der Waals surface area contributed by atoms with Crippen molar-refractivity contribution in [3.8, 4) is 0 Å². The molecule has 0 unspecified atom stereocenters. The van der Waals surface area contributed by atoms with Gasteiger partial charge in [0.15, 0.2) is 5.82 Å². The van der Waals surface area contributed by atoms with Gasteiger partial charge in [0.05, 0.1) is 4.90 Å². The lowest BCUT2D eigenvalue weighted by Crippen LogP contribution is -2.15. The fraction of sp³-hybridized carbons (Fsp3) is 0.308. The zero-order valence-electron chi connectivity index (χ0n) is 11.3. The normalized spacial score (nSPS) is 11.8. The van der Waals surface area contributed by atoms with Crippen molar-refractivity contribution >= 4 is 15.8 Å². The fourth-order valence-corrected chi connectivity index (χ4v) is 3.12. The van der Waals surface area contributed by atoms with Gasteiger partial charge in [-0.25, -0.2) is 17.2 Å². The lowest BCUT2D eigenvalue weighted by Gasteiger charge is -2.09. The monoisotopic (exact) mass is 315 g/mol. The van der Waals surface area contributed by atoms with Gasteiger partial charge < -0.3 is 0 Å². The van der Waals surface area contributed by atoms with Crippen molar-refractivity contribution in [1.29, 1.82) is 0 Å². The van der Waals surface area contributed by atoms with E-state index in [1.165, 1.54) is 12.1 Å². The summed E-state index contributed by atoms with van der Waals surface area (Å²) < 4.78 is 52.4. The second-order valence-electron chi connectivity index (χ2n) is 4.47. The molecule has 0 fully saturated rings. The number of alkyl halides is 2. The zero-order valence-corrected chi connectivity index (χ0v) is 12.1. The number of sulfonamides is 1. The topological polar surface area (TPSA) is 74.8 Å². The third-order valence-electron chi connectivity index (χ3n) is 2.83. The zero-order chi connectivity index (χ0) is 15.5. The first-order valence-corrected chi connectivity index (χ1v) is 7.86. The smallest absolute Gasteiger partial charge is 0.265 e. The van der Waals surface area contributed by atoms with Crippen molar-refractivity contribution in [3.63, 3.8) is 0 Å². The highest BCUT2D eigenvalue weighted by Crippen LogP contribution is 2.27. The lowest BCUT2D eigenvalue weighted by molar-refractivity contribution is 0.148. The second kappa shape index (κ2) is 6.21. The van der Waals surface area contributed by atoms with Gasteiger partial charge in [0, 0.05) is 17.3 Å². The Balaban J connectivity index is 2.30. The molecule has 2 N–H and O–H groups in total. The summed E-state index contributed by atoms with van der Waals surface area (Å²) in [6.45, 7) is 1.98. The molecule has 8 heteroatoms. The van der Waals surface area contributed by atoms with Crippen LogP contribution < -0.4 is 4.72 Å². The third kappa shape index (κ3) is 3.57. The molecule has 0 radical (unpaired) electrons. The summed E-state index contributed by atoms with van der Waals surface area (Å²) in [4.78, 5) is -0.444. The molecule has 5 nitrogen and oxygen atoms in total. The van der Waals surface area contributed by atoms with E-state index < -0.39 is 26.9 Å². The SMILES string of the molecule is CCCc1cc(NS(=O)(=O)c2ccccc2C(F)F)n[nH]1. The molecule has 0 amide bonds. The van der Waals surface area contributed by atoms with E-state index in [9.17, 15) is 17.2 Å². The van der Waals surface area contributed by atoms with Crippen molar-refractivity contribution in [1.82, 2.24) is 10.2 Å². The van der Waals surface area contributed by atoms with Crippen molar-refractivity contribution < 1.29 is 17.2 Å². The van der Waals surface area contributed by atoms with Crippen molar-refractivity contribution in [2.45, 2.75) is 31.1 Å². The Hall–Kier alpha value is -1.96. The Labute approximate surface area is 121 Å². The van der Waals surface area contributed by atoms with Gasteiger partial charge in [-0.05, 0) is 12.5 Å². The Bertz CT molecular complexity index is 714. The minimum Gasteiger partial charge on any atom is -0.280 e. The predicted octanol–water partition coefficient (Wildman–Crippen LogP) is 3.10. The molecule has 0 atom stereocenters. The Morgan fingerprint density at radius 2 is 2.05 bits per heavy atom. The molecule has 2 rings (SSSR count). The number of nitrogens with one attached hydrogen (secondary N) is 2. The molecule has 2 aromatic rings. The van der Waals surface area contributed by atoms with Gasteiger partial charge in [-0.3, -0.25) is 9.82 Å². The van der Waals surface area contributed by atoms with E-state index >= 15 is 0 Å². The molecule has 1 aromatic carbocycles. The van der Waals surface area contributed by atoms with Crippen LogP contribution >= 0.6 is 0 Å². The quantitative estimate of drug-likeness (QED) is 0.860. The summed E-state index contributed by atoms with van der Waals surface area (Å²) in [5.41, 5.74) is 0.242. The third-order valence-corrected chi connectivity index (χ3v) is 4.26. The van der Waals surface area contributed by atoms with Crippen molar-refractivity contribution in [2.75, 3.05) is 4.72 Å². The number of aromatic amines is 1. The Kier molecular flexibility index (Phi) is 4.56. The molecular weight excluding hydrogens is 300 g/mol. The molecule has 21 heavy (non-hydrogen) atoms. The maximum Gasteiger partial charge on any atom is 0.265 e. The van der Waals surface area contributed by atoms with Gasteiger partial charge in [-0.2, -0.15) is 5.10 Å². The van der Waals surface area contributed by atoms with E-state index in [1.54, 1.807) is 6.07 Å². The van der Waals surface area contributed by atoms with E-state index in [0.717, 1.165) is 30.7 Å². The molecule has 1 aromatic heterocycles. The number of H-pyrrole nitrogens is 1. The summed E-state index contributed by atoms with van der Waals surface area (Å²) in [6, 6.07) is 6.55. The standard InChI is InChI=1S/C13H15F2N3O2S/c1-2-5-9-8-12(17-16-9)18-21(19,20)11-7-4-3-6-10(11)13(14)15/h3-4,6-8,13H,2,5H2,1H3,(H2,16,17,18). The minimum atomic E-state index is -4.10. The highest BCUT2D eigenvalue weighted by Gasteiger charge is 2.23. The molecule has 0 aliphatic heterocycles. The van der Waals surface area contributed by atoms with E-state index in [0.29, 0.717) is 0 Å². The van der Waals surface area contributed by atoms with Crippen LogP contribution in [0.5, 0.6) is 0 Å². The van der Waals surface area contributed by atoms with Crippen LogP contribution in [0.15, 0.2) is 35.2 Å². The van der Waals surface area contributed by atoms with Crippen molar-refractivity contribution in [2.24, 2.45) is 0 Å². The van der Waals surface area contributed by atoms with Crippen LogP contribution in [-0.2, 0) is 16.4 Å². The van der Waals surface area contributed by atoms with Crippen LogP contribution in [-0.4, -0.2) is 18.6 Å². The maximum absolute atomic E-state index is 12.9. The Morgan fingerprint density at radius 1 is 1.33 bits per heavy atom. The maximum atomic E-state index is 12.9. The number of nitrogens with zero attached hydrogens (tertiary/aromatic N) is 1. The van der Waals surface area contributed by atoms with Crippen LogP contribution in [0.4, 0.5) is 14.6 Å². The summed E-state index contributed by atoms with van der Waals surface area (Å²) in [6.07, 6.45) is -1.27. The van der Waals surface area contributed by atoms with Gasteiger partial charge in [-0.1, -0.05) is 31.5 Å². The van der Waals surface area contributed by atoms with Crippen LogP contribution in [0.2, 0.25) is 0 Å². The molecule has 114 valence electrons. The fourth-order valence-electron chi connectivity index (χ4n) is 1.91. The number of rotatable bonds is 6. The van der Waals surface area contributed by atoms with E-state index in [1.807, 2.05) is 6.92 Å². The molecule has 0 bridgehead atoms. The van der Waals surface area contributed by atoms with E-state index in [-0.39, 0.29) is 5.82 Å². The summed E-state index contributed by atoms with van der Waals surface area (Å²) in [5.74, 6) is 0.0857. The number of benzene rings is 1. The van der Waals surface area contributed by atoms with Crippen LogP contribution in [0.3, 0.4) is 0 Å². The summed E-state index contributed by atoms with van der Waals surface area (Å²) in [5, 5.41) is 6.51.